The van der Waals surface area contributed by atoms with E-state index < -0.39 is 35.2 Å². The van der Waals surface area contributed by atoms with Crippen molar-refractivity contribution in [1.29, 1.82) is 0 Å². The molecule has 0 aliphatic heterocycles. The number of urea groups is 1. The Morgan fingerprint density at radius 1 is 1.02 bits per heavy atom. The number of aromatic nitrogens is 2. The van der Waals surface area contributed by atoms with E-state index in [-0.39, 0.29) is 29.8 Å². The largest absolute Gasteiger partial charge is 0.481 e. The lowest BCUT2D eigenvalue weighted by Gasteiger charge is -2.27. The van der Waals surface area contributed by atoms with Crippen LogP contribution in [0.3, 0.4) is 0 Å². The average molecular weight is 604 g/mol. The Morgan fingerprint density at radius 2 is 1.80 bits per heavy atom. The molecule has 5 N–H and O–H groups in total. The normalized spacial score (nSPS) is 12.0. The number of anilines is 2. The number of methoxy groups -OCH3 is 1. The lowest BCUT2D eigenvalue weighted by atomic mass is 9.95. The summed E-state index contributed by atoms with van der Waals surface area (Å²) in [6, 6.07) is 15.2. The van der Waals surface area contributed by atoms with Crippen LogP contribution in [0.25, 0.3) is 11.4 Å². The zero-order valence-electron chi connectivity index (χ0n) is 24.1. The van der Waals surface area contributed by atoms with Gasteiger partial charge in [0.15, 0.2) is 0 Å². The summed E-state index contributed by atoms with van der Waals surface area (Å²) in [7, 11) is 1.15. The highest BCUT2D eigenvalue weighted by Gasteiger charge is 2.37. The van der Waals surface area contributed by atoms with Gasteiger partial charge in [-0.15, -0.1) is 0 Å². The number of hydrogen-bond donors (Lipinski definition) is 5. The van der Waals surface area contributed by atoms with Gasteiger partial charge >= 0.3 is 18.0 Å². The fraction of sp³-hybridized carbons (Fsp3) is 0.194. The number of aromatic amines is 1. The van der Waals surface area contributed by atoms with Crippen molar-refractivity contribution in [2.45, 2.75) is 32.2 Å². The Morgan fingerprint density at radius 3 is 2.50 bits per heavy atom. The minimum Gasteiger partial charge on any atom is -0.481 e. The third-order valence-corrected chi connectivity index (χ3v) is 6.52. The van der Waals surface area contributed by atoms with Crippen molar-refractivity contribution in [3.05, 3.63) is 90.0 Å². The van der Waals surface area contributed by atoms with Gasteiger partial charge in [0.25, 0.3) is 5.91 Å². The van der Waals surface area contributed by atoms with Gasteiger partial charge in [0.2, 0.25) is 0 Å². The highest BCUT2D eigenvalue weighted by Crippen LogP contribution is 2.28. The number of carbonyl (C=O) groups excluding carboxylic acids is 3. The summed E-state index contributed by atoms with van der Waals surface area (Å²) < 4.78 is 25.3. The molecule has 12 nitrogen and oxygen atoms in total. The zero-order chi connectivity index (χ0) is 31.9. The number of nitrogens with one attached hydrogen (secondary N) is 4. The number of halogens is 1. The summed E-state index contributed by atoms with van der Waals surface area (Å²) in [5.41, 5.74) is 0.938. The quantitative estimate of drug-likeness (QED) is 0.140. The highest BCUT2D eigenvalue weighted by molar-refractivity contribution is 6.00. The van der Waals surface area contributed by atoms with Crippen molar-refractivity contribution in [3.8, 4) is 22.9 Å². The molecule has 0 bridgehead atoms. The molecular weight excluding hydrogens is 573 g/mol. The third kappa shape index (κ3) is 7.97. The molecule has 228 valence electrons. The number of amides is 3. The van der Waals surface area contributed by atoms with Crippen molar-refractivity contribution in [2.24, 2.45) is 0 Å². The number of nitrogens with zero attached hydrogens (tertiary/aromatic N) is 1. The molecule has 2 aromatic carbocycles. The average Bonchev–Trinajstić information content (AvgIpc) is 3.48. The maximum absolute atomic E-state index is 14.8. The summed E-state index contributed by atoms with van der Waals surface area (Å²) in [5.74, 6) is -2.75. The minimum atomic E-state index is -1.56. The van der Waals surface area contributed by atoms with E-state index in [0.29, 0.717) is 22.8 Å². The van der Waals surface area contributed by atoms with Crippen molar-refractivity contribution >= 4 is 35.3 Å². The second kappa shape index (κ2) is 13.5. The summed E-state index contributed by atoms with van der Waals surface area (Å²) in [5, 5.41) is 16.7. The first-order valence-electron chi connectivity index (χ1n) is 13.4. The molecule has 0 aliphatic rings. The van der Waals surface area contributed by atoms with Crippen LogP contribution in [0.4, 0.5) is 20.6 Å². The Balaban J connectivity index is 1.42. The molecule has 44 heavy (non-hydrogen) atoms. The molecule has 13 heteroatoms. The van der Waals surface area contributed by atoms with Gasteiger partial charge in [-0.25, -0.2) is 14.0 Å². The standard InChI is InChI=1S/C31H30FN5O7/c1-18-5-4-6-20(13-18)35-30(42)36-24-8-7-21(15-23(24)32)44-22-10-12-33-26(16-22)25-14-19(17-34-25)28(40)37-31(2,29(41)43-3)11-9-27(38)39/h4-8,10,12-17,34H,9,11H2,1-3H3,(H,37,40)(H,38,39)(H2,35,36,42). The van der Waals surface area contributed by atoms with Gasteiger partial charge in [0.1, 0.15) is 22.9 Å². The Kier molecular flexibility index (Phi) is 9.58. The molecule has 3 amide bonds. The lowest BCUT2D eigenvalue weighted by Crippen LogP contribution is -2.53. The van der Waals surface area contributed by atoms with Gasteiger partial charge in [-0.05, 0) is 62.2 Å². The molecule has 0 saturated heterocycles. The van der Waals surface area contributed by atoms with E-state index in [1.165, 1.54) is 37.5 Å². The molecular formula is C31H30FN5O7. The summed E-state index contributed by atoms with van der Waals surface area (Å²) in [4.78, 5) is 55.7. The van der Waals surface area contributed by atoms with Crippen molar-refractivity contribution < 1.29 is 38.1 Å². The SMILES string of the molecule is COC(=O)C(C)(CCC(=O)O)NC(=O)c1c[nH]c(-c2cc(Oc3ccc(NC(=O)Nc4cccc(C)c4)c(F)c3)ccn2)c1. The number of rotatable bonds is 11. The van der Waals surface area contributed by atoms with Crippen LogP contribution in [0.2, 0.25) is 0 Å². The molecule has 0 radical (unpaired) electrons. The molecule has 4 aromatic rings. The molecule has 0 saturated carbocycles. The first-order chi connectivity index (χ1) is 21.0. The number of esters is 1. The predicted molar refractivity (Wildman–Crippen MR) is 159 cm³/mol. The van der Waals surface area contributed by atoms with E-state index in [9.17, 15) is 23.6 Å². The molecule has 4 rings (SSSR count). The Hall–Kier alpha value is -5.72. The molecule has 2 heterocycles. The topological polar surface area (TPSA) is 172 Å². The maximum Gasteiger partial charge on any atom is 0.331 e. The van der Waals surface area contributed by atoms with Gasteiger partial charge in [0, 0.05) is 36.6 Å². The first kappa shape index (κ1) is 31.2. The molecule has 2 aromatic heterocycles. The molecule has 0 aliphatic carbocycles. The van der Waals surface area contributed by atoms with Gasteiger partial charge in [-0.1, -0.05) is 12.1 Å². The van der Waals surface area contributed by atoms with E-state index in [0.717, 1.165) is 18.7 Å². The van der Waals surface area contributed by atoms with Gasteiger partial charge < -0.3 is 35.5 Å². The van der Waals surface area contributed by atoms with Crippen LogP contribution in [0.15, 0.2) is 73.1 Å². The Labute approximate surface area is 251 Å². The van der Waals surface area contributed by atoms with Crippen LogP contribution >= 0.6 is 0 Å². The smallest absolute Gasteiger partial charge is 0.331 e. The summed E-state index contributed by atoms with van der Waals surface area (Å²) >= 11 is 0. The lowest BCUT2D eigenvalue weighted by molar-refractivity contribution is -0.148. The van der Waals surface area contributed by atoms with Gasteiger partial charge in [0.05, 0.1) is 29.7 Å². The number of H-pyrrole nitrogens is 1. The number of carbonyl (C=O) groups is 4. The number of aliphatic carboxylic acids is 1. The van der Waals surface area contributed by atoms with Gasteiger partial charge in [-0.3, -0.25) is 14.6 Å². The summed E-state index contributed by atoms with van der Waals surface area (Å²) in [6.07, 6.45) is 2.35. The minimum absolute atomic E-state index is 0.0404. The second-order valence-corrected chi connectivity index (χ2v) is 10.0. The summed E-state index contributed by atoms with van der Waals surface area (Å²) in [6.45, 7) is 3.28. The zero-order valence-corrected chi connectivity index (χ0v) is 24.1. The van der Waals surface area contributed by atoms with Crippen molar-refractivity contribution in [1.82, 2.24) is 15.3 Å². The molecule has 1 unspecified atom stereocenters. The monoisotopic (exact) mass is 603 g/mol. The van der Waals surface area contributed by atoms with Crippen LogP contribution in [-0.2, 0) is 14.3 Å². The molecule has 1 atom stereocenters. The van der Waals surface area contributed by atoms with E-state index >= 15 is 0 Å². The first-order valence-corrected chi connectivity index (χ1v) is 13.4. The van der Waals surface area contributed by atoms with Crippen molar-refractivity contribution in [3.63, 3.8) is 0 Å². The fourth-order valence-electron chi connectivity index (χ4n) is 4.22. The van der Waals surface area contributed by atoms with Crippen LogP contribution in [0.5, 0.6) is 11.5 Å². The predicted octanol–water partition coefficient (Wildman–Crippen LogP) is 5.49. The number of hydrogen-bond acceptors (Lipinski definition) is 7. The maximum atomic E-state index is 14.8. The number of benzene rings is 2. The van der Waals surface area contributed by atoms with Crippen LogP contribution in [-0.4, -0.2) is 51.6 Å². The van der Waals surface area contributed by atoms with E-state index in [4.69, 9.17) is 14.6 Å². The second-order valence-electron chi connectivity index (χ2n) is 10.0. The van der Waals surface area contributed by atoms with Gasteiger partial charge in [-0.2, -0.15) is 0 Å². The van der Waals surface area contributed by atoms with Crippen LogP contribution in [0.1, 0.15) is 35.7 Å². The number of carboxylic acids is 1. The Bertz CT molecular complexity index is 1710. The highest BCUT2D eigenvalue weighted by atomic mass is 19.1. The number of pyridine rings is 1. The van der Waals surface area contributed by atoms with E-state index in [1.54, 1.807) is 30.3 Å². The number of aryl methyl sites for hydroxylation is 1. The van der Waals surface area contributed by atoms with E-state index in [1.807, 2.05) is 13.0 Å². The van der Waals surface area contributed by atoms with E-state index in [2.05, 4.69) is 25.9 Å². The van der Waals surface area contributed by atoms with Crippen LogP contribution < -0.4 is 20.7 Å². The molecule has 0 spiro atoms. The number of carboxylic acid groups (broad SMARTS) is 1. The number of ether oxygens (including phenoxy) is 2. The third-order valence-electron chi connectivity index (χ3n) is 6.52. The van der Waals surface area contributed by atoms with Crippen LogP contribution in [0, 0.1) is 12.7 Å². The van der Waals surface area contributed by atoms with Crippen molar-refractivity contribution in [2.75, 3.05) is 17.7 Å². The fourth-order valence-corrected chi connectivity index (χ4v) is 4.22. The molecule has 0 fully saturated rings.